The van der Waals surface area contributed by atoms with E-state index in [9.17, 15) is 10.1 Å². The van der Waals surface area contributed by atoms with E-state index in [4.69, 9.17) is 4.74 Å². The van der Waals surface area contributed by atoms with Crippen molar-refractivity contribution in [1.29, 1.82) is 0 Å². The fraction of sp³-hybridized carbons (Fsp3) is 0.389. The van der Waals surface area contributed by atoms with Gasteiger partial charge in [0.1, 0.15) is 0 Å². The van der Waals surface area contributed by atoms with Gasteiger partial charge in [0, 0.05) is 31.1 Å². The summed E-state index contributed by atoms with van der Waals surface area (Å²) in [4.78, 5) is 15.0. The van der Waals surface area contributed by atoms with Crippen molar-refractivity contribution in [2.75, 3.05) is 6.61 Å². The minimum atomic E-state index is -0.441. The Hall–Kier alpha value is -3.03. The molecule has 8 nitrogen and oxygen atoms in total. The van der Waals surface area contributed by atoms with E-state index in [0.29, 0.717) is 23.7 Å². The summed E-state index contributed by atoms with van der Waals surface area (Å²) in [6.45, 7) is 4.31. The lowest BCUT2D eigenvalue weighted by Crippen LogP contribution is -2.03. The molecule has 1 aromatic heterocycles. The quantitative estimate of drug-likeness (QED) is 0.296. The molecule has 2 aromatic rings. The van der Waals surface area contributed by atoms with Gasteiger partial charge in [-0.2, -0.15) is 10.2 Å². The van der Waals surface area contributed by atoms with Crippen molar-refractivity contribution in [3.05, 3.63) is 52.1 Å². The van der Waals surface area contributed by atoms with Gasteiger partial charge in [-0.25, -0.2) is 4.98 Å². The molecule has 0 N–H and O–H groups in total. The first-order valence-electron chi connectivity index (χ1n) is 8.49. The third kappa shape index (κ3) is 5.23. The first-order valence-corrected chi connectivity index (χ1v) is 8.49. The SMILES string of the molecule is CCCCCOc1ccc(C(C)=NN=Cc2nccn2C)cc1[N+](=O)[O-]. The van der Waals surface area contributed by atoms with E-state index in [-0.39, 0.29) is 11.4 Å². The lowest BCUT2D eigenvalue weighted by Gasteiger charge is -2.07. The van der Waals surface area contributed by atoms with E-state index in [1.54, 1.807) is 31.5 Å². The number of nitro groups is 1. The normalized spacial score (nSPS) is 11.9. The number of aryl methyl sites for hydroxylation is 1. The molecule has 8 heteroatoms. The van der Waals surface area contributed by atoms with E-state index < -0.39 is 4.92 Å². The Bertz CT molecular complexity index is 811. The van der Waals surface area contributed by atoms with E-state index in [1.807, 2.05) is 11.6 Å². The number of imidazole rings is 1. The molecular formula is C18H23N5O3. The molecule has 1 aromatic carbocycles. The zero-order valence-electron chi connectivity index (χ0n) is 15.3. The first kappa shape index (κ1) is 19.3. The maximum atomic E-state index is 11.3. The maximum Gasteiger partial charge on any atom is 0.311 e. The van der Waals surface area contributed by atoms with Crippen molar-refractivity contribution in [3.8, 4) is 5.75 Å². The summed E-state index contributed by atoms with van der Waals surface area (Å²) in [5.74, 6) is 0.947. The molecule has 0 radical (unpaired) electrons. The summed E-state index contributed by atoms with van der Waals surface area (Å²) in [6, 6.07) is 4.82. The van der Waals surface area contributed by atoms with Crippen LogP contribution in [0.1, 0.15) is 44.5 Å². The average molecular weight is 357 g/mol. The smallest absolute Gasteiger partial charge is 0.311 e. The third-order valence-electron chi connectivity index (χ3n) is 3.82. The molecule has 138 valence electrons. The van der Waals surface area contributed by atoms with Crippen LogP contribution in [-0.2, 0) is 7.05 Å². The lowest BCUT2D eigenvalue weighted by molar-refractivity contribution is -0.385. The monoisotopic (exact) mass is 357 g/mol. The highest BCUT2D eigenvalue weighted by molar-refractivity contribution is 5.99. The van der Waals surface area contributed by atoms with Crippen LogP contribution in [0.25, 0.3) is 0 Å². The van der Waals surface area contributed by atoms with Crippen LogP contribution >= 0.6 is 0 Å². The molecule has 2 rings (SSSR count). The van der Waals surface area contributed by atoms with Crippen LogP contribution in [0.5, 0.6) is 5.75 Å². The molecule has 0 amide bonds. The molecule has 0 aliphatic rings. The summed E-state index contributed by atoms with van der Waals surface area (Å²) in [7, 11) is 1.85. The molecule has 0 aliphatic carbocycles. The Morgan fingerprint density at radius 3 is 2.88 bits per heavy atom. The van der Waals surface area contributed by atoms with Gasteiger partial charge in [-0.05, 0) is 25.5 Å². The highest BCUT2D eigenvalue weighted by Crippen LogP contribution is 2.28. The van der Waals surface area contributed by atoms with Crippen LogP contribution in [0, 0.1) is 10.1 Å². The Morgan fingerprint density at radius 2 is 2.23 bits per heavy atom. The number of unbranched alkanes of at least 4 members (excludes halogenated alkanes) is 2. The number of hydrogen-bond acceptors (Lipinski definition) is 6. The Kier molecular flexibility index (Phi) is 7.02. The minimum absolute atomic E-state index is 0.0679. The summed E-state index contributed by atoms with van der Waals surface area (Å²) in [5.41, 5.74) is 1.12. The van der Waals surface area contributed by atoms with Gasteiger partial charge in [0.15, 0.2) is 11.6 Å². The third-order valence-corrected chi connectivity index (χ3v) is 3.82. The molecule has 0 atom stereocenters. The molecule has 26 heavy (non-hydrogen) atoms. The Morgan fingerprint density at radius 1 is 1.42 bits per heavy atom. The second-order valence-corrected chi connectivity index (χ2v) is 5.82. The zero-order valence-corrected chi connectivity index (χ0v) is 15.3. The van der Waals surface area contributed by atoms with Gasteiger partial charge in [-0.3, -0.25) is 10.1 Å². The van der Waals surface area contributed by atoms with Gasteiger partial charge >= 0.3 is 5.69 Å². The number of hydrogen-bond donors (Lipinski definition) is 0. The van der Waals surface area contributed by atoms with Gasteiger partial charge in [-0.1, -0.05) is 19.8 Å². The van der Waals surface area contributed by atoms with E-state index in [0.717, 1.165) is 19.3 Å². The molecule has 0 saturated carbocycles. The highest BCUT2D eigenvalue weighted by atomic mass is 16.6. The molecule has 0 saturated heterocycles. The maximum absolute atomic E-state index is 11.3. The molecule has 1 heterocycles. The number of aromatic nitrogens is 2. The average Bonchev–Trinajstić information content (AvgIpc) is 3.03. The predicted molar refractivity (Wildman–Crippen MR) is 101 cm³/mol. The number of rotatable bonds is 9. The van der Waals surface area contributed by atoms with Crippen molar-refractivity contribution in [2.45, 2.75) is 33.1 Å². The number of benzene rings is 1. The van der Waals surface area contributed by atoms with Crippen LogP contribution in [-0.4, -0.2) is 33.0 Å². The van der Waals surface area contributed by atoms with E-state index in [1.165, 1.54) is 12.3 Å². The second kappa shape index (κ2) is 9.45. The Balaban J connectivity index is 2.14. The van der Waals surface area contributed by atoms with Gasteiger partial charge in [0.2, 0.25) is 0 Å². The van der Waals surface area contributed by atoms with Crippen LogP contribution < -0.4 is 4.74 Å². The standard InChI is InChI=1S/C18H23N5O3/c1-4-5-6-11-26-17-8-7-15(12-16(17)23(24)25)14(2)21-20-13-18-19-9-10-22(18)3/h7-10,12-13H,4-6,11H2,1-3H3. The fourth-order valence-corrected chi connectivity index (χ4v) is 2.27. The zero-order chi connectivity index (χ0) is 18.9. The molecule has 0 aliphatic heterocycles. The highest BCUT2D eigenvalue weighted by Gasteiger charge is 2.17. The first-order chi connectivity index (χ1) is 12.5. The predicted octanol–water partition coefficient (Wildman–Crippen LogP) is 3.74. The van der Waals surface area contributed by atoms with Gasteiger partial charge in [-0.15, -0.1) is 0 Å². The largest absolute Gasteiger partial charge is 0.487 e. The topological polar surface area (TPSA) is 94.9 Å². The summed E-state index contributed by atoms with van der Waals surface area (Å²) in [6.07, 6.45) is 7.98. The van der Waals surface area contributed by atoms with Gasteiger partial charge in [0.25, 0.3) is 0 Å². The fourth-order valence-electron chi connectivity index (χ4n) is 2.27. The summed E-state index contributed by atoms with van der Waals surface area (Å²) >= 11 is 0. The van der Waals surface area contributed by atoms with Gasteiger partial charge in [0.05, 0.1) is 23.5 Å². The van der Waals surface area contributed by atoms with Crippen molar-refractivity contribution in [2.24, 2.45) is 17.3 Å². The molecule has 0 bridgehead atoms. The van der Waals surface area contributed by atoms with E-state index in [2.05, 4.69) is 22.1 Å². The molecule has 0 fully saturated rings. The van der Waals surface area contributed by atoms with Crippen LogP contribution in [0.3, 0.4) is 0 Å². The number of ether oxygens (including phenoxy) is 1. The second-order valence-electron chi connectivity index (χ2n) is 5.82. The van der Waals surface area contributed by atoms with Gasteiger partial charge < -0.3 is 9.30 Å². The Labute approximate surface area is 152 Å². The van der Waals surface area contributed by atoms with Crippen LogP contribution in [0.2, 0.25) is 0 Å². The molecular weight excluding hydrogens is 334 g/mol. The molecule has 0 unspecified atom stereocenters. The lowest BCUT2D eigenvalue weighted by atomic mass is 10.1. The minimum Gasteiger partial charge on any atom is -0.487 e. The van der Waals surface area contributed by atoms with Crippen LogP contribution in [0.4, 0.5) is 5.69 Å². The van der Waals surface area contributed by atoms with Crippen molar-refractivity contribution >= 4 is 17.6 Å². The number of nitro benzene ring substituents is 1. The number of nitrogens with zero attached hydrogens (tertiary/aromatic N) is 5. The van der Waals surface area contributed by atoms with E-state index >= 15 is 0 Å². The van der Waals surface area contributed by atoms with Crippen molar-refractivity contribution in [3.63, 3.8) is 0 Å². The molecule has 0 spiro atoms. The summed E-state index contributed by atoms with van der Waals surface area (Å²) < 4.78 is 7.37. The van der Waals surface area contributed by atoms with Crippen molar-refractivity contribution in [1.82, 2.24) is 9.55 Å². The summed E-state index contributed by atoms with van der Waals surface area (Å²) in [5, 5.41) is 19.4. The van der Waals surface area contributed by atoms with Crippen molar-refractivity contribution < 1.29 is 9.66 Å². The van der Waals surface area contributed by atoms with Crippen LogP contribution in [0.15, 0.2) is 40.8 Å².